The van der Waals surface area contributed by atoms with E-state index in [2.05, 4.69) is 9.97 Å². The van der Waals surface area contributed by atoms with Gasteiger partial charge in [-0.3, -0.25) is 4.79 Å². The Bertz CT molecular complexity index is 749. The van der Waals surface area contributed by atoms with Crippen molar-refractivity contribution in [1.29, 1.82) is 0 Å². The van der Waals surface area contributed by atoms with E-state index in [9.17, 15) is 13.2 Å². The Morgan fingerprint density at radius 1 is 1.21 bits per heavy atom. The Kier molecular flexibility index (Phi) is 3.53. The fraction of sp³-hybridized carbons (Fsp3) is 0.231. The smallest absolute Gasteiger partial charge is 0.254 e. The topological polar surface area (TPSA) is 79.9 Å². The summed E-state index contributed by atoms with van der Waals surface area (Å²) in [6.45, 7) is 1.67. The van der Waals surface area contributed by atoms with Gasteiger partial charge in [-0.2, -0.15) is 0 Å². The van der Waals surface area contributed by atoms with E-state index in [4.69, 9.17) is 0 Å². The molecule has 5 nitrogen and oxygen atoms in total. The Labute approximate surface area is 111 Å². The molecule has 0 aliphatic heterocycles. The van der Waals surface area contributed by atoms with Crippen LogP contribution in [0, 0.1) is 6.92 Å². The first-order valence-electron chi connectivity index (χ1n) is 5.70. The molecule has 1 heterocycles. The second-order valence-electron chi connectivity index (χ2n) is 4.42. The van der Waals surface area contributed by atoms with E-state index in [1.165, 1.54) is 0 Å². The van der Waals surface area contributed by atoms with E-state index in [-0.39, 0.29) is 17.1 Å². The molecule has 0 aliphatic rings. The summed E-state index contributed by atoms with van der Waals surface area (Å²) in [4.78, 5) is 18.6. The largest absolute Gasteiger partial charge is 0.309 e. The fourth-order valence-corrected chi connectivity index (χ4v) is 2.41. The van der Waals surface area contributed by atoms with Gasteiger partial charge in [-0.25, -0.2) is 13.4 Å². The van der Waals surface area contributed by atoms with Crippen LogP contribution < -0.4 is 5.56 Å². The summed E-state index contributed by atoms with van der Waals surface area (Å²) in [6.07, 6.45) is 1.11. The van der Waals surface area contributed by atoms with E-state index in [1.54, 1.807) is 6.92 Å². The first kappa shape index (κ1) is 13.5. The van der Waals surface area contributed by atoms with Gasteiger partial charge in [0.2, 0.25) is 0 Å². The van der Waals surface area contributed by atoms with Crippen LogP contribution in [0.1, 0.15) is 11.4 Å². The van der Waals surface area contributed by atoms with Crippen LogP contribution in [-0.4, -0.2) is 24.6 Å². The average Bonchev–Trinajstić information content (AvgIpc) is 2.33. The zero-order valence-corrected chi connectivity index (χ0v) is 11.5. The Morgan fingerprint density at radius 3 is 2.42 bits per heavy atom. The molecule has 19 heavy (non-hydrogen) atoms. The van der Waals surface area contributed by atoms with Gasteiger partial charge >= 0.3 is 0 Å². The molecule has 0 amide bonds. The van der Waals surface area contributed by atoms with Crippen molar-refractivity contribution in [3.05, 3.63) is 52.1 Å². The van der Waals surface area contributed by atoms with E-state index in [0.717, 1.165) is 11.8 Å². The summed E-state index contributed by atoms with van der Waals surface area (Å²) in [5.41, 5.74) is 1.47. The molecule has 0 unspecified atom stereocenters. The van der Waals surface area contributed by atoms with Crippen LogP contribution in [0.2, 0.25) is 0 Å². The van der Waals surface area contributed by atoms with Crippen LogP contribution >= 0.6 is 0 Å². The molecule has 0 saturated carbocycles. The number of hydrogen-bond acceptors (Lipinski definition) is 4. The molecule has 0 fully saturated rings. The highest BCUT2D eigenvalue weighted by Crippen LogP contribution is 2.18. The summed E-state index contributed by atoms with van der Waals surface area (Å²) < 4.78 is 22.6. The molecular formula is C13H14N2O3S. The Morgan fingerprint density at radius 2 is 1.84 bits per heavy atom. The monoisotopic (exact) mass is 278 g/mol. The van der Waals surface area contributed by atoms with Crippen molar-refractivity contribution < 1.29 is 8.42 Å². The number of rotatable bonds is 3. The fourth-order valence-electron chi connectivity index (χ4n) is 1.77. The lowest BCUT2D eigenvalue weighted by molar-refractivity contribution is 0.599. The number of aromatic amines is 1. The summed E-state index contributed by atoms with van der Waals surface area (Å²) in [5.74, 6) is -0.112. The maximum Gasteiger partial charge on any atom is 0.254 e. The van der Waals surface area contributed by atoms with Gasteiger partial charge < -0.3 is 4.98 Å². The zero-order valence-electron chi connectivity index (χ0n) is 10.7. The van der Waals surface area contributed by atoms with E-state index in [0.29, 0.717) is 11.3 Å². The molecule has 0 saturated heterocycles. The third kappa shape index (κ3) is 3.29. The van der Waals surface area contributed by atoms with Gasteiger partial charge in [0.1, 0.15) is 11.6 Å². The Balaban J connectivity index is 2.59. The third-order valence-corrected chi connectivity index (χ3v) is 3.44. The molecule has 2 aromatic rings. The predicted octanol–water partition coefficient (Wildman–Crippen LogP) is 1.29. The average molecular weight is 278 g/mol. The van der Waals surface area contributed by atoms with Crippen molar-refractivity contribution in [2.75, 3.05) is 6.26 Å². The second kappa shape index (κ2) is 4.97. The number of hydrogen-bond donors (Lipinski definition) is 1. The lowest BCUT2D eigenvalue weighted by atomic mass is 10.1. The lowest BCUT2D eigenvalue weighted by Gasteiger charge is -2.07. The molecule has 1 aromatic carbocycles. The van der Waals surface area contributed by atoms with E-state index < -0.39 is 9.84 Å². The summed E-state index contributed by atoms with van der Waals surface area (Å²) in [5, 5.41) is 0. The van der Waals surface area contributed by atoms with Crippen molar-refractivity contribution in [2.24, 2.45) is 0 Å². The second-order valence-corrected chi connectivity index (χ2v) is 6.56. The molecule has 0 aliphatic carbocycles. The molecule has 0 spiro atoms. The van der Waals surface area contributed by atoms with Gasteiger partial charge in [-0.1, -0.05) is 30.3 Å². The minimum absolute atomic E-state index is 0.164. The predicted molar refractivity (Wildman–Crippen MR) is 73.6 cm³/mol. The minimum Gasteiger partial charge on any atom is -0.309 e. The normalized spacial score (nSPS) is 11.5. The van der Waals surface area contributed by atoms with E-state index in [1.807, 2.05) is 30.3 Å². The molecule has 1 N–H and O–H groups in total. The van der Waals surface area contributed by atoms with Gasteiger partial charge in [0.25, 0.3) is 5.56 Å². The molecule has 2 rings (SSSR count). The van der Waals surface area contributed by atoms with Gasteiger partial charge in [0.05, 0.1) is 5.69 Å². The zero-order chi connectivity index (χ0) is 14.0. The maximum atomic E-state index is 11.8. The van der Waals surface area contributed by atoms with Crippen molar-refractivity contribution in [1.82, 2.24) is 9.97 Å². The highest BCUT2D eigenvalue weighted by molar-refractivity contribution is 7.89. The standard InChI is InChI=1S/C13H14N2O3S/c1-9-12(10-6-4-3-5-7-10)14-11(15-13(9)16)8-19(2,17)18/h3-7H,8H2,1-2H3,(H,14,15,16). The van der Waals surface area contributed by atoms with Crippen LogP contribution in [0.4, 0.5) is 0 Å². The molecule has 6 heteroatoms. The highest BCUT2D eigenvalue weighted by Gasteiger charge is 2.12. The highest BCUT2D eigenvalue weighted by atomic mass is 32.2. The number of benzene rings is 1. The number of H-pyrrole nitrogens is 1. The van der Waals surface area contributed by atoms with Crippen LogP contribution in [0.3, 0.4) is 0 Å². The third-order valence-electron chi connectivity index (χ3n) is 2.65. The molecule has 0 atom stereocenters. The van der Waals surface area contributed by atoms with Crippen LogP contribution in [0.5, 0.6) is 0 Å². The number of sulfone groups is 1. The first-order valence-corrected chi connectivity index (χ1v) is 7.76. The van der Waals surface area contributed by atoms with E-state index >= 15 is 0 Å². The quantitative estimate of drug-likeness (QED) is 0.917. The van der Waals surface area contributed by atoms with Crippen molar-refractivity contribution in [2.45, 2.75) is 12.7 Å². The lowest BCUT2D eigenvalue weighted by Crippen LogP contribution is -2.18. The van der Waals surface area contributed by atoms with Crippen molar-refractivity contribution in [3.63, 3.8) is 0 Å². The van der Waals surface area contributed by atoms with Gasteiger partial charge in [0.15, 0.2) is 9.84 Å². The summed E-state index contributed by atoms with van der Waals surface area (Å²) >= 11 is 0. The SMILES string of the molecule is Cc1c(-c2ccccc2)nc(CS(C)(=O)=O)[nH]c1=O. The van der Waals surface area contributed by atoms with Crippen molar-refractivity contribution in [3.8, 4) is 11.3 Å². The Hall–Kier alpha value is -1.95. The number of nitrogens with one attached hydrogen (secondary N) is 1. The number of aromatic nitrogens is 2. The first-order chi connectivity index (χ1) is 8.87. The number of nitrogens with zero attached hydrogens (tertiary/aromatic N) is 1. The molecule has 0 radical (unpaired) electrons. The molecular weight excluding hydrogens is 264 g/mol. The summed E-state index contributed by atoms with van der Waals surface area (Å²) in [7, 11) is -3.24. The van der Waals surface area contributed by atoms with Crippen LogP contribution in [-0.2, 0) is 15.6 Å². The minimum atomic E-state index is -3.24. The van der Waals surface area contributed by atoms with Crippen LogP contribution in [0.25, 0.3) is 11.3 Å². The van der Waals surface area contributed by atoms with Crippen molar-refractivity contribution >= 4 is 9.84 Å². The molecule has 100 valence electrons. The maximum absolute atomic E-state index is 11.8. The molecule has 0 bridgehead atoms. The van der Waals surface area contributed by atoms with Gasteiger partial charge in [-0.05, 0) is 6.92 Å². The van der Waals surface area contributed by atoms with Gasteiger partial charge in [0, 0.05) is 17.4 Å². The molecule has 1 aromatic heterocycles. The van der Waals surface area contributed by atoms with Gasteiger partial charge in [-0.15, -0.1) is 0 Å². The van der Waals surface area contributed by atoms with Crippen LogP contribution in [0.15, 0.2) is 35.1 Å². The summed E-state index contributed by atoms with van der Waals surface area (Å²) in [6, 6.07) is 9.21.